The predicted octanol–water partition coefficient (Wildman–Crippen LogP) is 4.17. The molecule has 0 amide bonds. The third-order valence-electron chi connectivity index (χ3n) is 4.22. The van der Waals surface area contributed by atoms with Gasteiger partial charge in [-0.2, -0.15) is 0 Å². The lowest BCUT2D eigenvalue weighted by molar-refractivity contribution is 0.275. The molecule has 1 aromatic rings. The Bertz CT molecular complexity index is 413. The highest BCUT2D eigenvalue weighted by Gasteiger charge is 2.34. The first kappa shape index (κ1) is 14.9. The molecule has 106 valence electrons. The van der Waals surface area contributed by atoms with E-state index in [4.69, 9.17) is 4.74 Å². The van der Waals surface area contributed by atoms with Crippen LogP contribution in [-0.4, -0.2) is 20.2 Å². The van der Waals surface area contributed by atoms with Crippen molar-refractivity contribution in [2.24, 2.45) is 5.41 Å². The molecule has 2 nitrogen and oxygen atoms in total. The number of methoxy groups -OCH3 is 1. The average molecular weight is 326 g/mol. The fraction of sp³-hybridized carbons (Fsp3) is 0.625. The van der Waals surface area contributed by atoms with Gasteiger partial charge in [-0.3, -0.25) is 0 Å². The molecule has 3 heteroatoms. The van der Waals surface area contributed by atoms with Crippen molar-refractivity contribution in [1.82, 2.24) is 5.32 Å². The minimum Gasteiger partial charge on any atom is -0.496 e. The average Bonchev–Trinajstić information content (AvgIpc) is 2.86. The summed E-state index contributed by atoms with van der Waals surface area (Å²) >= 11 is 3.57. The normalized spacial score (nSPS) is 17.6. The molecule has 0 aromatic heterocycles. The van der Waals surface area contributed by atoms with E-state index in [1.54, 1.807) is 7.11 Å². The van der Waals surface area contributed by atoms with Gasteiger partial charge in [0.05, 0.1) is 7.11 Å². The van der Waals surface area contributed by atoms with Gasteiger partial charge in [0.2, 0.25) is 0 Å². The zero-order valence-corrected chi connectivity index (χ0v) is 13.6. The van der Waals surface area contributed by atoms with Crippen LogP contribution >= 0.6 is 15.9 Å². The number of hydrogen-bond donors (Lipinski definition) is 1. The summed E-state index contributed by atoms with van der Waals surface area (Å²) in [6.07, 6.45) is 6.50. The van der Waals surface area contributed by atoms with Gasteiger partial charge in [-0.25, -0.2) is 0 Å². The molecule has 1 fully saturated rings. The molecule has 0 atom stereocenters. The molecule has 0 aliphatic heterocycles. The number of benzene rings is 1. The van der Waals surface area contributed by atoms with E-state index in [0.717, 1.165) is 29.7 Å². The van der Waals surface area contributed by atoms with Gasteiger partial charge in [0.15, 0.2) is 0 Å². The first-order valence-electron chi connectivity index (χ1n) is 7.22. The molecule has 0 saturated heterocycles. The van der Waals surface area contributed by atoms with Gasteiger partial charge in [0.1, 0.15) is 5.75 Å². The van der Waals surface area contributed by atoms with Crippen molar-refractivity contribution in [3.05, 3.63) is 28.2 Å². The van der Waals surface area contributed by atoms with Crippen molar-refractivity contribution in [3.8, 4) is 5.75 Å². The van der Waals surface area contributed by atoms with Crippen LogP contribution in [0.25, 0.3) is 0 Å². The summed E-state index contributed by atoms with van der Waals surface area (Å²) in [7, 11) is 1.76. The second kappa shape index (κ2) is 6.76. The smallest absolute Gasteiger partial charge is 0.122 e. The molecule has 0 spiro atoms. The molecule has 1 saturated carbocycles. The fourth-order valence-electron chi connectivity index (χ4n) is 3.22. The first-order valence-corrected chi connectivity index (χ1v) is 8.01. The summed E-state index contributed by atoms with van der Waals surface area (Å²) in [6.45, 7) is 4.36. The lowest BCUT2D eigenvalue weighted by Crippen LogP contribution is -2.34. The SMILES string of the molecule is CCNCC1(Cc2cc(Br)ccc2OC)CCCC1. The van der Waals surface area contributed by atoms with Crippen LogP contribution in [0.5, 0.6) is 5.75 Å². The Hall–Kier alpha value is -0.540. The van der Waals surface area contributed by atoms with Crippen LogP contribution in [0, 0.1) is 5.41 Å². The molecule has 1 N–H and O–H groups in total. The van der Waals surface area contributed by atoms with Crippen molar-refractivity contribution >= 4 is 15.9 Å². The highest BCUT2D eigenvalue weighted by atomic mass is 79.9. The van der Waals surface area contributed by atoms with Crippen LogP contribution < -0.4 is 10.1 Å². The van der Waals surface area contributed by atoms with Gasteiger partial charge in [0, 0.05) is 11.0 Å². The van der Waals surface area contributed by atoms with Crippen molar-refractivity contribution in [1.29, 1.82) is 0 Å². The largest absolute Gasteiger partial charge is 0.496 e. The Balaban J connectivity index is 2.19. The van der Waals surface area contributed by atoms with Crippen molar-refractivity contribution < 1.29 is 4.74 Å². The molecular formula is C16H24BrNO. The van der Waals surface area contributed by atoms with Gasteiger partial charge in [-0.1, -0.05) is 35.7 Å². The molecular weight excluding hydrogens is 302 g/mol. The summed E-state index contributed by atoms with van der Waals surface area (Å²) in [5, 5.41) is 3.55. The topological polar surface area (TPSA) is 21.3 Å². The lowest BCUT2D eigenvalue weighted by Gasteiger charge is -2.30. The molecule has 2 rings (SSSR count). The highest BCUT2D eigenvalue weighted by molar-refractivity contribution is 9.10. The number of nitrogens with one attached hydrogen (secondary N) is 1. The van der Waals surface area contributed by atoms with Gasteiger partial charge < -0.3 is 10.1 Å². The summed E-state index contributed by atoms with van der Waals surface area (Å²) in [5.41, 5.74) is 1.75. The Labute approximate surface area is 125 Å². The van der Waals surface area contributed by atoms with Crippen LogP contribution in [0.4, 0.5) is 0 Å². The quantitative estimate of drug-likeness (QED) is 0.847. The van der Waals surface area contributed by atoms with Gasteiger partial charge in [-0.05, 0) is 55.0 Å². The zero-order valence-electron chi connectivity index (χ0n) is 12.0. The maximum atomic E-state index is 5.52. The number of ether oxygens (including phenoxy) is 1. The molecule has 0 unspecified atom stereocenters. The summed E-state index contributed by atoms with van der Waals surface area (Å²) in [4.78, 5) is 0. The van der Waals surface area contributed by atoms with Crippen molar-refractivity contribution in [2.45, 2.75) is 39.0 Å². The van der Waals surface area contributed by atoms with Crippen LogP contribution in [0.2, 0.25) is 0 Å². The van der Waals surface area contributed by atoms with Crippen LogP contribution in [0.1, 0.15) is 38.2 Å². The van der Waals surface area contributed by atoms with Crippen LogP contribution in [0.15, 0.2) is 22.7 Å². The molecule has 0 heterocycles. The molecule has 1 aliphatic carbocycles. The fourth-order valence-corrected chi connectivity index (χ4v) is 3.63. The summed E-state index contributed by atoms with van der Waals surface area (Å²) in [5.74, 6) is 1.02. The molecule has 19 heavy (non-hydrogen) atoms. The van der Waals surface area contributed by atoms with E-state index < -0.39 is 0 Å². The van der Waals surface area contributed by atoms with E-state index in [1.807, 2.05) is 6.07 Å². The lowest BCUT2D eigenvalue weighted by atomic mass is 9.79. The molecule has 0 bridgehead atoms. The van der Waals surface area contributed by atoms with Gasteiger partial charge in [-0.15, -0.1) is 0 Å². The summed E-state index contributed by atoms with van der Waals surface area (Å²) < 4.78 is 6.66. The number of halogens is 1. The maximum Gasteiger partial charge on any atom is 0.122 e. The van der Waals surface area contributed by atoms with E-state index in [1.165, 1.54) is 31.2 Å². The summed E-state index contributed by atoms with van der Waals surface area (Å²) in [6, 6.07) is 6.33. The van der Waals surface area contributed by atoms with E-state index in [2.05, 4.69) is 40.3 Å². The highest BCUT2D eigenvalue weighted by Crippen LogP contribution is 2.42. The van der Waals surface area contributed by atoms with Crippen LogP contribution in [0.3, 0.4) is 0 Å². The van der Waals surface area contributed by atoms with Crippen molar-refractivity contribution in [3.63, 3.8) is 0 Å². The Morgan fingerprint density at radius 3 is 2.68 bits per heavy atom. The second-order valence-corrected chi connectivity index (χ2v) is 6.54. The predicted molar refractivity (Wildman–Crippen MR) is 83.8 cm³/mol. The second-order valence-electron chi connectivity index (χ2n) is 5.62. The van der Waals surface area contributed by atoms with Crippen molar-refractivity contribution in [2.75, 3.05) is 20.2 Å². The standard InChI is InChI=1S/C16H24BrNO/c1-3-18-12-16(8-4-5-9-16)11-13-10-14(17)6-7-15(13)19-2/h6-7,10,18H,3-5,8-9,11-12H2,1-2H3. The first-order chi connectivity index (χ1) is 9.19. The van der Waals surface area contributed by atoms with Crippen LogP contribution in [-0.2, 0) is 6.42 Å². The monoisotopic (exact) mass is 325 g/mol. The third kappa shape index (κ3) is 3.73. The van der Waals surface area contributed by atoms with E-state index in [-0.39, 0.29) is 0 Å². The Kier molecular flexibility index (Phi) is 5.28. The molecule has 1 aromatic carbocycles. The van der Waals surface area contributed by atoms with E-state index in [9.17, 15) is 0 Å². The minimum atomic E-state index is 0.421. The zero-order chi connectivity index (χ0) is 13.7. The van der Waals surface area contributed by atoms with E-state index >= 15 is 0 Å². The van der Waals surface area contributed by atoms with Gasteiger partial charge in [0.25, 0.3) is 0 Å². The maximum absolute atomic E-state index is 5.52. The number of rotatable bonds is 6. The minimum absolute atomic E-state index is 0.421. The van der Waals surface area contributed by atoms with Gasteiger partial charge >= 0.3 is 0 Å². The Morgan fingerprint density at radius 2 is 2.05 bits per heavy atom. The Morgan fingerprint density at radius 1 is 1.32 bits per heavy atom. The van der Waals surface area contributed by atoms with E-state index in [0.29, 0.717) is 5.41 Å². The molecule has 0 radical (unpaired) electrons. The number of hydrogen-bond acceptors (Lipinski definition) is 2. The molecule has 1 aliphatic rings. The third-order valence-corrected chi connectivity index (χ3v) is 4.72.